The number of rotatable bonds is 5. The molecule has 150 valence electrons. The molecule has 2 amide bonds. The largest absolute Gasteiger partial charge is 0.481 e. The number of carboxylic acids is 1. The molecule has 7 heteroatoms. The number of aliphatic carboxylic acids is 1. The highest BCUT2D eigenvalue weighted by molar-refractivity contribution is 5.93. The molecule has 1 aromatic carbocycles. The SMILES string of the molecule is CNC(=O)n1cc(C[C@@H](C)NC(=O)[C@@H]2CCCC[C@@H]2C(=O)O)c2ccccc21. The Balaban J connectivity index is 1.74. The van der Waals surface area contributed by atoms with Gasteiger partial charge in [0.05, 0.1) is 17.4 Å². The molecule has 3 N–H and O–H groups in total. The third-order valence-electron chi connectivity index (χ3n) is 5.56. The van der Waals surface area contributed by atoms with Gasteiger partial charge in [-0.05, 0) is 37.8 Å². The Kier molecular flexibility index (Phi) is 6.02. The van der Waals surface area contributed by atoms with Crippen LogP contribution in [0.5, 0.6) is 0 Å². The van der Waals surface area contributed by atoms with Crippen LogP contribution in [0, 0.1) is 11.8 Å². The molecule has 1 saturated carbocycles. The van der Waals surface area contributed by atoms with Crippen LogP contribution in [0.1, 0.15) is 38.2 Å². The molecule has 1 fully saturated rings. The van der Waals surface area contributed by atoms with Crippen molar-refractivity contribution in [3.05, 3.63) is 36.0 Å². The lowest BCUT2D eigenvalue weighted by atomic mass is 9.78. The van der Waals surface area contributed by atoms with Crippen LogP contribution >= 0.6 is 0 Å². The van der Waals surface area contributed by atoms with Crippen molar-refractivity contribution in [2.75, 3.05) is 7.05 Å². The minimum Gasteiger partial charge on any atom is -0.481 e. The average molecular weight is 385 g/mol. The third kappa shape index (κ3) is 4.03. The van der Waals surface area contributed by atoms with Crippen LogP contribution in [-0.4, -0.2) is 40.7 Å². The number of nitrogens with zero attached hydrogens (tertiary/aromatic N) is 1. The summed E-state index contributed by atoms with van der Waals surface area (Å²) in [5.74, 6) is -2.15. The molecule has 0 aliphatic heterocycles. The Morgan fingerprint density at radius 2 is 1.86 bits per heavy atom. The summed E-state index contributed by atoms with van der Waals surface area (Å²) in [5, 5.41) is 16.0. The number of carbonyl (C=O) groups is 3. The van der Waals surface area contributed by atoms with Gasteiger partial charge in [-0.15, -0.1) is 0 Å². The molecular weight excluding hydrogens is 358 g/mol. The molecule has 2 aromatic rings. The van der Waals surface area contributed by atoms with E-state index in [9.17, 15) is 19.5 Å². The Labute approximate surface area is 164 Å². The maximum atomic E-state index is 12.7. The van der Waals surface area contributed by atoms with E-state index in [1.54, 1.807) is 17.8 Å². The molecule has 7 nitrogen and oxygen atoms in total. The van der Waals surface area contributed by atoms with Crippen LogP contribution in [0.3, 0.4) is 0 Å². The van der Waals surface area contributed by atoms with E-state index < -0.39 is 17.8 Å². The number of nitrogens with one attached hydrogen (secondary N) is 2. The van der Waals surface area contributed by atoms with Gasteiger partial charge in [0.15, 0.2) is 0 Å². The number of carbonyl (C=O) groups excluding carboxylic acids is 2. The van der Waals surface area contributed by atoms with Crippen molar-refractivity contribution in [3.8, 4) is 0 Å². The zero-order chi connectivity index (χ0) is 20.3. The van der Waals surface area contributed by atoms with Crippen molar-refractivity contribution >= 4 is 28.8 Å². The first-order valence-electron chi connectivity index (χ1n) is 9.76. The van der Waals surface area contributed by atoms with Gasteiger partial charge >= 0.3 is 12.0 Å². The zero-order valence-corrected chi connectivity index (χ0v) is 16.3. The minimum absolute atomic E-state index is 0.173. The maximum absolute atomic E-state index is 12.7. The summed E-state index contributed by atoms with van der Waals surface area (Å²) in [7, 11) is 1.59. The number of hydrogen-bond acceptors (Lipinski definition) is 3. The molecule has 1 heterocycles. The molecule has 0 saturated heterocycles. The molecule has 3 rings (SSSR count). The van der Waals surface area contributed by atoms with E-state index in [0.717, 1.165) is 29.3 Å². The van der Waals surface area contributed by atoms with Gasteiger partial charge in [-0.1, -0.05) is 31.0 Å². The quantitative estimate of drug-likeness (QED) is 0.737. The zero-order valence-electron chi connectivity index (χ0n) is 16.3. The van der Waals surface area contributed by atoms with E-state index >= 15 is 0 Å². The van der Waals surface area contributed by atoms with Gasteiger partial charge in [-0.25, -0.2) is 4.79 Å². The Bertz CT molecular complexity index is 889. The summed E-state index contributed by atoms with van der Waals surface area (Å²) < 4.78 is 1.57. The number of aromatic nitrogens is 1. The monoisotopic (exact) mass is 385 g/mol. The van der Waals surface area contributed by atoms with Crippen molar-refractivity contribution in [1.82, 2.24) is 15.2 Å². The second-order valence-corrected chi connectivity index (χ2v) is 7.55. The first-order chi connectivity index (χ1) is 13.4. The second-order valence-electron chi connectivity index (χ2n) is 7.55. The predicted molar refractivity (Wildman–Crippen MR) is 106 cm³/mol. The van der Waals surface area contributed by atoms with Crippen molar-refractivity contribution < 1.29 is 19.5 Å². The summed E-state index contributed by atoms with van der Waals surface area (Å²) >= 11 is 0. The first kappa shape index (κ1) is 19.9. The Morgan fingerprint density at radius 3 is 2.54 bits per heavy atom. The lowest BCUT2D eigenvalue weighted by molar-refractivity contribution is -0.149. The Hall–Kier alpha value is -2.83. The minimum atomic E-state index is -0.888. The van der Waals surface area contributed by atoms with Gasteiger partial charge in [0.1, 0.15) is 0 Å². The van der Waals surface area contributed by atoms with Crippen molar-refractivity contribution in [2.45, 2.75) is 45.1 Å². The molecule has 0 bridgehead atoms. The number of benzene rings is 1. The number of amides is 2. The van der Waals surface area contributed by atoms with E-state index in [0.29, 0.717) is 19.3 Å². The fourth-order valence-corrected chi connectivity index (χ4v) is 4.17. The summed E-state index contributed by atoms with van der Waals surface area (Å²) in [6.07, 6.45) is 5.27. The van der Waals surface area contributed by atoms with Crippen molar-refractivity contribution in [3.63, 3.8) is 0 Å². The molecule has 28 heavy (non-hydrogen) atoms. The Morgan fingerprint density at radius 1 is 1.18 bits per heavy atom. The maximum Gasteiger partial charge on any atom is 0.325 e. The predicted octanol–water partition coefficient (Wildman–Crippen LogP) is 2.77. The van der Waals surface area contributed by atoms with E-state index in [-0.39, 0.29) is 18.0 Å². The number of carboxylic acid groups (broad SMARTS) is 1. The third-order valence-corrected chi connectivity index (χ3v) is 5.56. The lowest BCUT2D eigenvalue weighted by Gasteiger charge is -2.28. The first-order valence-corrected chi connectivity index (χ1v) is 9.76. The van der Waals surface area contributed by atoms with Crippen LogP contribution in [0.25, 0.3) is 10.9 Å². The number of hydrogen-bond donors (Lipinski definition) is 3. The van der Waals surface area contributed by atoms with Gasteiger partial charge in [0.2, 0.25) is 5.91 Å². The highest BCUT2D eigenvalue weighted by Crippen LogP contribution is 2.30. The molecule has 1 aliphatic rings. The van der Waals surface area contributed by atoms with E-state index in [4.69, 9.17) is 0 Å². The van der Waals surface area contributed by atoms with E-state index in [1.807, 2.05) is 31.2 Å². The van der Waals surface area contributed by atoms with E-state index in [1.165, 1.54) is 0 Å². The highest BCUT2D eigenvalue weighted by atomic mass is 16.4. The van der Waals surface area contributed by atoms with Crippen LogP contribution in [-0.2, 0) is 16.0 Å². The second kappa shape index (κ2) is 8.46. The lowest BCUT2D eigenvalue weighted by Crippen LogP contribution is -2.43. The van der Waals surface area contributed by atoms with Gasteiger partial charge in [0.25, 0.3) is 0 Å². The smallest absolute Gasteiger partial charge is 0.325 e. The summed E-state index contributed by atoms with van der Waals surface area (Å²) in [6.45, 7) is 1.91. The summed E-state index contributed by atoms with van der Waals surface area (Å²) in [6, 6.07) is 7.25. The van der Waals surface area contributed by atoms with Gasteiger partial charge in [-0.2, -0.15) is 0 Å². The van der Waals surface area contributed by atoms with Crippen molar-refractivity contribution in [2.24, 2.45) is 11.8 Å². The van der Waals surface area contributed by atoms with Gasteiger partial charge in [-0.3, -0.25) is 14.2 Å². The standard InChI is InChI=1S/C21H27N3O4/c1-13(23-19(25)16-8-3-4-9-17(16)20(26)27)11-14-12-24(21(28)22-2)18-10-6-5-7-15(14)18/h5-7,10,12-13,16-17H,3-4,8-9,11H2,1-2H3,(H,22,28)(H,23,25)(H,26,27)/t13-,16-,17+/m1/s1. The average Bonchev–Trinajstić information content (AvgIpc) is 3.05. The highest BCUT2D eigenvalue weighted by Gasteiger charge is 2.36. The fourth-order valence-electron chi connectivity index (χ4n) is 4.17. The topological polar surface area (TPSA) is 100 Å². The van der Waals surface area contributed by atoms with Crippen LogP contribution in [0.2, 0.25) is 0 Å². The number of fused-ring (bicyclic) bond motifs is 1. The molecule has 0 radical (unpaired) electrons. The molecule has 3 atom stereocenters. The van der Waals surface area contributed by atoms with Gasteiger partial charge < -0.3 is 15.7 Å². The molecule has 1 aliphatic carbocycles. The normalized spacial score (nSPS) is 20.5. The van der Waals surface area contributed by atoms with Crippen LogP contribution in [0.4, 0.5) is 4.79 Å². The fraction of sp³-hybridized carbons (Fsp3) is 0.476. The molecular formula is C21H27N3O4. The molecule has 0 unspecified atom stereocenters. The van der Waals surface area contributed by atoms with Crippen molar-refractivity contribution in [1.29, 1.82) is 0 Å². The van der Waals surface area contributed by atoms with Gasteiger partial charge in [0, 0.05) is 24.7 Å². The summed E-state index contributed by atoms with van der Waals surface area (Å²) in [4.78, 5) is 36.3. The van der Waals surface area contributed by atoms with Crippen LogP contribution in [0.15, 0.2) is 30.5 Å². The summed E-state index contributed by atoms with van der Waals surface area (Å²) in [5.41, 5.74) is 1.78. The number of para-hydroxylation sites is 1. The van der Waals surface area contributed by atoms with Crippen LogP contribution < -0.4 is 10.6 Å². The molecule has 1 aromatic heterocycles. The van der Waals surface area contributed by atoms with E-state index in [2.05, 4.69) is 10.6 Å². The molecule has 0 spiro atoms.